The van der Waals surface area contributed by atoms with E-state index in [0.717, 1.165) is 46.6 Å². The second-order valence-electron chi connectivity index (χ2n) is 8.14. The molecule has 0 radical (unpaired) electrons. The normalized spacial score (nSPS) is 15.3. The lowest BCUT2D eigenvalue weighted by molar-refractivity contribution is 0.221. The van der Waals surface area contributed by atoms with Crippen molar-refractivity contribution in [3.8, 4) is 18.6 Å². The minimum atomic E-state index is 0.137. The van der Waals surface area contributed by atoms with E-state index in [4.69, 9.17) is 4.42 Å². The van der Waals surface area contributed by atoms with E-state index in [1.807, 2.05) is 11.4 Å². The zero-order valence-electron chi connectivity index (χ0n) is 20.7. The van der Waals surface area contributed by atoms with Gasteiger partial charge in [-0.15, -0.1) is 24.2 Å². The van der Waals surface area contributed by atoms with Gasteiger partial charge >= 0.3 is 0 Å². The van der Waals surface area contributed by atoms with Gasteiger partial charge in [0.25, 0.3) is 0 Å². The highest BCUT2D eigenvalue weighted by molar-refractivity contribution is 7.99. The Hall–Kier alpha value is -2.23. The van der Waals surface area contributed by atoms with E-state index in [-0.39, 0.29) is 18.4 Å². The molecule has 4 rings (SSSR count). The molecule has 0 amide bonds. The number of hydrogen-bond acceptors (Lipinski definition) is 11. The summed E-state index contributed by atoms with van der Waals surface area (Å²) in [6.07, 6.45) is 13.1. The highest BCUT2D eigenvalue weighted by atomic mass is 32.2. The number of aromatic nitrogens is 2. The molecule has 4 heterocycles. The Morgan fingerprint density at radius 1 is 1.29 bits per heavy atom. The number of aliphatic hydroxyl groups excluding tert-OH is 1. The highest BCUT2D eigenvalue weighted by Crippen LogP contribution is 2.45. The van der Waals surface area contributed by atoms with Gasteiger partial charge in [0.1, 0.15) is 9.97 Å². The minimum Gasteiger partial charge on any atom is -0.504 e. The van der Waals surface area contributed by atoms with Crippen molar-refractivity contribution < 1.29 is 14.6 Å². The number of aromatic hydroxyl groups is 1. The summed E-state index contributed by atoms with van der Waals surface area (Å²) < 4.78 is 17.1. The number of furan rings is 1. The SMILES string of the molecule is C#C.CC(C)c1coc(CNc2nsnc2Nc2csc(SN3CCCC3CO)c2O)c1.CCC. The van der Waals surface area contributed by atoms with Crippen molar-refractivity contribution in [2.45, 2.75) is 69.7 Å². The summed E-state index contributed by atoms with van der Waals surface area (Å²) in [5.74, 6) is 2.62. The van der Waals surface area contributed by atoms with E-state index < -0.39 is 0 Å². The molecule has 1 fully saturated rings. The Morgan fingerprint density at radius 2 is 2.00 bits per heavy atom. The van der Waals surface area contributed by atoms with Crippen LogP contribution in [0.4, 0.5) is 17.3 Å². The Bertz CT molecular complexity index is 1030. The molecule has 1 aliphatic rings. The summed E-state index contributed by atoms with van der Waals surface area (Å²) in [6.45, 7) is 10.1. The first-order chi connectivity index (χ1) is 17.0. The molecular formula is C24H35N5O3S3. The maximum Gasteiger partial charge on any atom is 0.188 e. The summed E-state index contributed by atoms with van der Waals surface area (Å²) in [5, 5.41) is 28.4. The Balaban J connectivity index is 0.000000803. The van der Waals surface area contributed by atoms with E-state index in [9.17, 15) is 10.2 Å². The number of rotatable bonds is 9. The molecule has 35 heavy (non-hydrogen) atoms. The predicted octanol–water partition coefficient (Wildman–Crippen LogP) is 6.51. The molecule has 1 atom stereocenters. The Morgan fingerprint density at radius 3 is 2.66 bits per heavy atom. The van der Waals surface area contributed by atoms with E-state index in [1.165, 1.54) is 29.7 Å². The van der Waals surface area contributed by atoms with Crippen LogP contribution >= 0.6 is 35.0 Å². The number of nitrogens with zero attached hydrogens (tertiary/aromatic N) is 3. The van der Waals surface area contributed by atoms with E-state index in [0.29, 0.717) is 29.8 Å². The lowest BCUT2D eigenvalue weighted by atomic mass is 10.1. The van der Waals surface area contributed by atoms with Crippen molar-refractivity contribution in [3.05, 3.63) is 29.0 Å². The molecule has 11 heteroatoms. The predicted molar refractivity (Wildman–Crippen MR) is 148 cm³/mol. The van der Waals surface area contributed by atoms with Crippen molar-refractivity contribution in [2.75, 3.05) is 23.8 Å². The van der Waals surface area contributed by atoms with Crippen LogP contribution in [-0.2, 0) is 6.54 Å². The minimum absolute atomic E-state index is 0.137. The van der Waals surface area contributed by atoms with Gasteiger partial charge in [0, 0.05) is 18.0 Å². The second-order valence-corrected chi connectivity index (χ2v) is 10.9. The lowest BCUT2D eigenvalue weighted by Crippen LogP contribution is -2.25. The molecule has 0 aliphatic carbocycles. The maximum atomic E-state index is 10.7. The molecule has 1 aliphatic heterocycles. The zero-order valence-corrected chi connectivity index (χ0v) is 23.1. The average molecular weight is 538 g/mol. The first-order valence-corrected chi connectivity index (χ1v) is 13.9. The first kappa shape index (κ1) is 29.0. The fraction of sp³-hybridized carbons (Fsp3) is 0.500. The van der Waals surface area contributed by atoms with Gasteiger partial charge in [-0.05, 0) is 42.3 Å². The standard InChI is InChI=1S/C19H25N5O3S3.C3H8.C2H2/c1-11(2)12-6-14(27-9-12)7-20-17-18(23-30-22-17)21-15-10-28-19(16(15)26)29-24-5-3-4-13(24)8-25;1-3-2;1-2/h6,9-11,13,25-26H,3-5,7-8H2,1-2H3,(H,20,22)(H,21,23);3H2,1-2H3;1-2H. The molecule has 3 aromatic heterocycles. The van der Waals surface area contributed by atoms with Crippen LogP contribution in [0.2, 0.25) is 0 Å². The smallest absolute Gasteiger partial charge is 0.188 e. The molecule has 8 nitrogen and oxygen atoms in total. The van der Waals surface area contributed by atoms with Gasteiger partial charge in [0.15, 0.2) is 17.4 Å². The van der Waals surface area contributed by atoms with Crippen LogP contribution in [0.3, 0.4) is 0 Å². The van der Waals surface area contributed by atoms with Gasteiger partial charge in [0.2, 0.25) is 0 Å². The fourth-order valence-electron chi connectivity index (χ4n) is 3.18. The molecule has 0 spiro atoms. The topological polar surface area (TPSA) is 107 Å². The van der Waals surface area contributed by atoms with Gasteiger partial charge in [0.05, 0.1) is 36.8 Å². The van der Waals surface area contributed by atoms with Crippen LogP contribution in [0.15, 0.2) is 26.3 Å². The summed E-state index contributed by atoms with van der Waals surface area (Å²) in [5.41, 5.74) is 1.76. The molecule has 0 saturated carbocycles. The average Bonchev–Trinajstić information content (AvgIpc) is 3.65. The summed E-state index contributed by atoms with van der Waals surface area (Å²) in [4.78, 5) is 0. The number of thiophene rings is 1. The number of nitrogens with one attached hydrogen (secondary N) is 2. The molecule has 1 unspecified atom stereocenters. The second kappa shape index (κ2) is 15.0. The molecule has 192 valence electrons. The van der Waals surface area contributed by atoms with Gasteiger partial charge in [-0.3, -0.25) is 0 Å². The van der Waals surface area contributed by atoms with Crippen molar-refractivity contribution in [1.82, 2.24) is 13.1 Å². The summed E-state index contributed by atoms with van der Waals surface area (Å²) in [7, 11) is 0. The van der Waals surface area contributed by atoms with Crippen molar-refractivity contribution in [1.29, 1.82) is 0 Å². The fourth-order valence-corrected chi connectivity index (χ4v) is 5.84. The third-order valence-corrected chi connectivity index (χ3v) is 7.85. The number of hydrogen-bond donors (Lipinski definition) is 4. The monoisotopic (exact) mass is 537 g/mol. The largest absolute Gasteiger partial charge is 0.504 e. The van der Waals surface area contributed by atoms with Crippen LogP contribution in [0.1, 0.15) is 64.2 Å². The van der Waals surface area contributed by atoms with Crippen LogP contribution in [-0.4, -0.2) is 42.5 Å². The first-order valence-electron chi connectivity index (χ1n) is 11.6. The molecule has 0 bridgehead atoms. The summed E-state index contributed by atoms with van der Waals surface area (Å²) >= 11 is 4.06. The van der Waals surface area contributed by atoms with Crippen molar-refractivity contribution >= 4 is 52.3 Å². The zero-order chi connectivity index (χ0) is 25.8. The van der Waals surface area contributed by atoms with Gasteiger partial charge in [-0.1, -0.05) is 34.1 Å². The van der Waals surface area contributed by atoms with Crippen LogP contribution in [0, 0.1) is 12.8 Å². The van der Waals surface area contributed by atoms with Crippen molar-refractivity contribution in [3.63, 3.8) is 0 Å². The third-order valence-electron chi connectivity index (χ3n) is 4.98. The van der Waals surface area contributed by atoms with E-state index in [1.54, 1.807) is 6.26 Å². The third kappa shape index (κ3) is 8.15. The summed E-state index contributed by atoms with van der Waals surface area (Å²) in [6, 6.07) is 2.18. The molecule has 0 aromatic carbocycles. The molecule has 4 N–H and O–H groups in total. The molecule has 3 aromatic rings. The molecule has 1 saturated heterocycles. The lowest BCUT2D eigenvalue weighted by Gasteiger charge is -2.20. The number of terminal acetylenes is 1. The Labute approximate surface area is 220 Å². The molecular weight excluding hydrogens is 502 g/mol. The maximum absolute atomic E-state index is 10.7. The van der Waals surface area contributed by atoms with Gasteiger partial charge < -0.3 is 25.3 Å². The van der Waals surface area contributed by atoms with Gasteiger partial charge in [-0.25, -0.2) is 4.31 Å². The number of anilines is 3. The van der Waals surface area contributed by atoms with E-state index in [2.05, 4.69) is 64.2 Å². The van der Waals surface area contributed by atoms with Gasteiger partial charge in [-0.2, -0.15) is 8.75 Å². The van der Waals surface area contributed by atoms with Crippen LogP contribution in [0.25, 0.3) is 0 Å². The van der Waals surface area contributed by atoms with Crippen molar-refractivity contribution in [2.24, 2.45) is 0 Å². The van der Waals surface area contributed by atoms with Crippen LogP contribution in [0.5, 0.6) is 5.75 Å². The highest BCUT2D eigenvalue weighted by Gasteiger charge is 2.27. The quantitative estimate of drug-likeness (QED) is 0.179. The van der Waals surface area contributed by atoms with Crippen LogP contribution < -0.4 is 10.6 Å². The number of aliphatic hydroxyl groups is 1. The Kier molecular flexibility index (Phi) is 12.4. The van der Waals surface area contributed by atoms with E-state index >= 15 is 0 Å².